The average Bonchev–Trinajstić information content (AvgIpc) is 2.40. The van der Waals surface area contributed by atoms with Crippen molar-refractivity contribution < 1.29 is 0 Å². The van der Waals surface area contributed by atoms with E-state index in [4.69, 9.17) is 5.73 Å². The molecule has 3 heteroatoms. The van der Waals surface area contributed by atoms with E-state index in [1.54, 1.807) is 6.20 Å². The third-order valence-electron chi connectivity index (χ3n) is 1.88. The number of aromatic nitrogens is 2. The largest absolute Gasteiger partial charge is 0.328 e. The zero-order valence-electron chi connectivity index (χ0n) is 7.07. The minimum Gasteiger partial charge on any atom is -0.328 e. The molecule has 0 aliphatic carbocycles. The van der Waals surface area contributed by atoms with Crippen LogP contribution in [0.25, 0.3) is 0 Å². The zero-order valence-corrected chi connectivity index (χ0v) is 7.07. The van der Waals surface area contributed by atoms with E-state index in [-0.39, 0.29) is 0 Å². The Morgan fingerprint density at radius 1 is 1.55 bits per heavy atom. The fourth-order valence-corrected chi connectivity index (χ4v) is 1.16. The van der Waals surface area contributed by atoms with Crippen molar-refractivity contribution in [2.24, 2.45) is 11.7 Å². The Balaban J connectivity index is 2.71. The lowest BCUT2D eigenvalue weighted by atomic mass is 10.1. The molecule has 0 saturated carbocycles. The molecular formula is C8H15N3. The van der Waals surface area contributed by atoms with Gasteiger partial charge in [-0.15, -0.1) is 0 Å². The Bertz CT molecular complexity index is 191. The topological polar surface area (TPSA) is 43.8 Å². The second kappa shape index (κ2) is 3.53. The lowest BCUT2D eigenvalue weighted by molar-refractivity contribution is 0.355. The van der Waals surface area contributed by atoms with E-state index >= 15 is 0 Å². The molecule has 62 valence electrons. The maximum Gasteiger partial charge on any atom is 0.0664 e. The van der Waals surface area contributed by atoms with Crippen molar-refractivity contribution >= 4 is 0 Å². The first-order chi connectivity index (χ1) is 5.25. The molecule has 1 rings (SSSR count). The molecule has 0 fully saturated rings. The van der Waals surface area contributed by atoms with Crippen molar-refractivity contribution in [3.63, 3.8) is 0 Å². The number of nitrogens with two attached hydrogens (primary N) is 1. The van der Waals surface area contributed by atoms with Crippen LogP contribution in [0.1, 0.15) is 19.9 Å². The van der Waals surface area contributed by atoms with Gasteiger partial charge in [-0.1, -0.05) is 13.8 Å². The summed E-state index contributed by atoms with van der Waals surface area (Å²) in [6, 6.07) is 2.26. The molecule has 0 amide bonds. The summed E-state index contributed by atoms with van der Waals surface area (Å²) in [7, 11) is 0. The summed E-state index contributed by atoms with van der Waals surface area (Å²) in [4.78, 5) is 0. The van der Waals surface area contributed by atoms with Crippen LogP contribution in [0.4, 0.5) is 0 Å². The average molecular weight is 153 g/mol. The van der Waals surface area contributed by atoms with Crippen LogP contribution >= 0.6 is 0 Å². The first-order valence-corrected chi connectivity index (χ1v) is 3.95. The van der Waals surface area contributed by atoms with E-state index in [0.29, 0.717) is 18.5 Å². The molecule has 2 N–H and O–H groups in total. The van der Waals surface area contributed by atoms with Crippen LogP contribution in [-0.4, -0.2) is 16.3 Å². The summed E-state index contributed by atoms with van der Waals surface area (Å²) >= 11 is 0. The third-order valence-corrected chi connectivity index (χ3v) is 1.88. The van der Waals surface area contributed by atoms with E-state index in [9.17, 15) is 0 Å². The molecule has 0 aromatic carbocycles. The molecule has 0 radical (unpaired) electrons. The molecule has 11 heavy (non-hydrogen) atoms. The highest BCUT2D eigenvalue weighted by Gasteiger charge is 2.12. The van der Waals surface area contributed by atoms with Crippen LogP contribution < -0.4 is 5.73 Å². The van der Waals surface area contributed by atoms with Crippen LogP contribution in [-0.2, 0) is 0 Å². The van der Waals surface area contributed by atoms with Gasteiger partial charge >= 0.3 is 0 Å². The highest BCUT2D eigenvalue weighted by Crippen LogP contribution is 2.13. The quantitative estimate of drug-likeness (QED) is 0.705. The summed E-state index contributed by atoms with van der Waals surface area (Å²) in [5, 5.41) is 4.15. The standard InChI is InChI=1S/C8H15N3/c1-7(2)8(6-9)11-5-3-4-10-11/h3-5,7-8H,6,9H2,1-2H3. The van der Waals surface area contributed by atoms with E-state index < -0.39 is 0 Å². The maximum absolute atomic E-state index is 5.60. The van der Waals surface area contributed by atoms with Gasteiger partial charge in [-0.05, 0) is 12.0 Å². The molecule has 1 heterocycles. The van der Waals surface area contributed by atoms with Gasteiger partial charge in [0, 0.05) is 18.9 Å². The van der Waals surface area contributed by atoms with Gasteiger partial charge in [-0.3, -0.25) is 4.68 Å². The molecule has 0 aliphatic heterocycles. The van der Waals surface area contributed by atoms with Gasteiger partial charge in [0.2, 0.25) is 0 Å². The van der Waals surface area contributed by atoms with Crippen LogP contribution in [0.5, 0.6) is 0 Å². The molecule has 1 aromatic rings. The highest BCUT2D eigenvalue weighted by atomic mass is 15.3. The normalized spacial score (nSPS) is 13.8. The second-order valence-corrected chi connectivity index (χ2v) is 3.03. The molecule has 0 saturated heterocycles. The molecule has 1 unspecified atom stereocenters. The summed E-state index contributed by atoms with van der Waals surface area (Å²) in [6.07, 6.45) is 3.74. The monoisotopic (exact) mass is 153 g/mol. The van der Waals surface area contributed by atoms with Gasteiger partial charge < -0.3 is 5.73 Å². The van der Waals surface area contributed by atoms with Crippen LogP contribution in [0, 0.1) is 5.92 Å². The SMILES string of the molecule is CC(C)C(CN)n1cccn1. The van der Waals surface area contributed by atoms with Gasteiger partial charge in [0.25, 0.3) is 0 Å². The highest BCUT2D eigenvalue weighted by molar-refractivity contribution is 4.82. The third kappa shape index (κ3) is 1.80. The van der Waals surface area contributed by atoms with Crippen LogP contribution in [0.2, 0.25) is 0 Å². The Hall–Kier alpha value is -0.830. The molecule has 1 atom stereocenters. The summed E-state index contributed by atoms with van der Waals surface area (Å²) in [6.45, 7) is 4.96. The Kier molecular flexibility index (Phi) is 2.65. The lowest BCUT2D eigenvalue weighted by Gasteiger charge is -2.18. The zero-order chi connectivity index (χ0) is 8.27. The molecular weight excluding hydrogens is 138 g/mol. The fourth-order valence-electron chi connectivity index (χ4n) is 1.16. The fraction of sp³-hybridized carbons (Fsp3) is 0.625. The summed E-state index contributed by atoms with van der Waals surface area (Å²) in [5.41, 5.74) is 5.60. The van der Waals surface area contributed by atoms with E-state index in [0.717, 1.165) is 0 Å². The molecule has 1 aromatic heterocycles. The number of nitrogens with zero attached hydrogens (tertiary/aromatic N) is 2. The molecule has 3 nitrogen and oxygen atoms in total. The first-order valence-electron chi connectivity index (χ1n) is 3.95. The van der Waals surface area contributed by atoms with E-state index in [2.05, 4.69) is 18.9 Å². The van der Waals surface area contributed by atoms with E-state index in [1.807, 2.05) is 16.9 Å². The van der Waals surface area contributed by atoms with Crippen molar-refractivity contribution in [3.05, 3.63) is 18.5 Å². The van der Waals surface area contributed by atoms with Gasteiger partial charge in [0.05, 0.1) is 6.04 Å². The van der Waals surface area contributed by atoms with Gasteiger partial charge in [0.15, 0.2) is 0 Å². The predicted octanol–water partition coefficient (Wildman–Crippen LogP) is 1.04. The van der Waals surface area contributed by atoms with E-state index in [1.165, 1.54) is 0 Å². The Morgan fingerprint density at radius 2 is 2.27 bits per heavy atom. The van der Waals surface area contributed by atoms with Crippen molar-refractivity contribution in [1.82, 2.24) is 9.78 Å². The molecule has 0 bridgehead atoms. The minimum atomic E-state index is 0.338. The summed E-state index contributed by atoms with van der Waals surface area (Å²) < 4.78 is 1.92. The molecule has 0 aliphatic rings. The lowest BCUT2D eigenvalue weighted by Crippen LogP contribution is -2.24. The first kappa shape index (κ1) is 8.27. The Morgan fingerprint density at radius 3 is 2.64 bits per heavy atom. The minimum absolute atomic E-state index is 0.338. The Labute approximate surface area is 67.2 Å². The smallest absolute Gasteiger partial charge is 0.0664 e. The van der Waals surface area contributed by atoms with Crippen molar-refractivity contribution in [2.75, 3.05) is 6.54 Å². The van der Waals surface area contributed by atoms with Crippen molar-refractivity contribution in [1.29, 1.82) is 0 Å². The second-order valence-electron chi connectivity index (χ2n) is 3.03. The maximum atomic E-state index is 5.60. The number of hydrogen-bond acceptors (Lipinski definition) is 2. The van der Waals surface area contributed by atoms with Crippen molar-refractivity contribution in [3.8, 4) is 0 Å². The number of hydrogen-bond donors (Lipinski definition) is 1. The number of rotatable bonds is 3. The van der Waals surface area contributed by atoms with Crippen LogP contribution in [0.3, 0.4) is 0 Å². The van der Waals surface area contributed by atoms with Gasteiger partial charge in [-0.2, -0.15) is 5.10 Å². The van der Waals surface area contributed by atoms with Crippen molar-refractivity contribution in [2.45, 2.75) is 19.9 Å². The molecule has 0 spiro atoms. The predicted molar refractivity (Wildman–Crippen MR) is 45.2 cm³/mol. The van der Waals surface area contributed by atoms with Gasteiger partial charge in [0.1, 0.15) is 0 Å². The van der Waals surface area contributed by atoms with Gasteiger partial charge in [-0.25, -0.2) is 0 Å². The van der Waals surface area contributed by atoms with Crippen LogP contribution in [0.15, 0.2) is 18.5 Å². The summed E-state index contributed by atoms with van der Waals surface area (Å²) in [5.74, 6) is 0.542.